The van der Waals surface area contributed by atoms with Gasteiger partial charge in [0, 0.05) is 18.2 Å². The molecule has 4 bridgehead atoms. The van der Waals surface area contributed by atoms with E-state index in [2.05, 4.69) is 15.5 Å². The third kappa shape index (κ3) is 3.34. The molecule has 6 rings (SSSR count). The summed E-state index contributed by atoms with van der Waals surface area (Å²) in [5.41, 5.74) is 0.721. The minimum atomic E-state index is -0.301. The summed E-state index contributed by atoms with van der Waals surface area (Å²) in [4.78, 5) is 12.7. The topological polar surface area (TPSA) is 59.8 Å². The Bertz CT molecular complexity index is 876. The Morgan fingerprint density at radius 1 is 1.21 bits per heavy atom. The number of nitrogens with zero attached hydrogens (tertiary/aromatic N) is 3. The molecule has 4 fully saturated rings. The van der Waals surface area contributed by atoms with Gasteiger partial charge in [-0.3, -0.25) is 4.79 Å². The molecule has 1 heterocycles. The fraction of sp³-hybridized carbons (Fsp3) is 0.571. The van der Waals surface area contributed by atoms with Gasteiger partial charge in [-0.25, -0.2) is 4.39 Å². The van der Waals surface area contributed by atoms with Crippen molar-refractivity contribution < 1.29 is 9.18 Å². The van der Waals surface area contributed by atoms with Crippen LogP contribution in [0.15, 0.2) is 29.4 Å². The van der Waals surface area contributed by atoms with Crippen LogP contribution >= 0.6 is 11.8 Å². The number of rotatable bonds is 5. The average molecular weight is 401 g/mol. The predicted molar refractivity (Wildman–Crippen MR) is 106 cm³/mol. The summed E-state index contributed by atoms with van der Waals surface area (Å²) in [7, 11) is 1.85. The molecule has 0 aliphatic heterocycles. The third-order valence-electron chi connectivity index (χ3n) is 6.69. The average Bonchev–Trinajstić information content (AvgIpc) is 2.99. The van der Waals surface area contributed by atoms with Crippen LogP contribution in [0.1, 0.15) is 38.5 Å². The van der Waals surface area contributed by atoms with Crippen molar-refractivity contribution in [2.45, 2.75) is 49.2 Å². The van der Waals surface area contributed by atoms with E-state index in [1.165, 1.54) is 43.2 Å². The van der Waals surface area contributed by atoms with Crippen molar-refractivity contribution >= 4 is 17.7 Å². The molecule has 148 valence electrons. The standard InChI is InChI=1S/C21H25FN4OS/c1-26-19(16-3-2-4-17(22)8-16)24-25-20(26)28-12-18(27)23-21-9-13-5-14(10-21)7-15(6-13)11-21/h2-4,8,13-15H,5-7,9-12H2,1H3,(H,23,27). The monoisotopic (exact) mass is 400 g/mol. The van der Waals surface area contributed by atoms with Crippen molar-refractivity contribution in [3.63, 3.8) is 0 Å². The number of aromatic nitrogens is 3. The summed E-state index contributed by atoms with van der Waals surface area (Å²) < 4.78 is 15.3. The van der Waals surface area contributed by atoms with Gasteiger partial charge in [0.1, 0.15) is 5.82 Å². The van der Waals surface area contributed by atoms with Crippen molar-refractivity contribution in [1.29, 1.82) is 0 Å². The van der Waals surface area contributed by atoms with E-state index in [1.54, 1.807) is 12.1 Å². The lowest BCUT2D eigenvalue weighted by molar-refractivity contribution is -0.124. The number of hydrogen-bond acceptors (Lipinski definition) is 4. The van der Waals surface area contributed by atoms with E-state index in [0.29, 0.717) is 22.3 Å². The Labute approximate surface area is 168 Å². The van der Waals surface area contributed by atoms with Crippen LogP contribution in [-0.4, -0.2) is 32.0 Å². The summed E-state index contributed by atoms with van der Waals surface area (Å²) in [6.07, 6.45) is 7.57. The van der Waals surface area contributed by atoms with E-state index >= 15 is 0 Å². The molecule has 1 N–H and O–H groups in total. The first kappa shape index (κ1) is 18.2. The van der Waals surface area contributed by atoms with Crippen LogP contribution in [-0.2, 0) is 11.8 Å². The fourth-order valence-corrected chi connectivity index (χ4v) is 6.76. The van der Waals surface area contributed by atoms with Crippen molar-refractivity contribution in [3.05, 3.63) is 30.1 Å². The Morgan fingerprint density at radius 3 is 2.54 bits per heavy atom. The van der Waals surface area contributed by atoms with Crippen molar-refractivity contribution in [3.8, 4) is 11.4 Å². The number of hydrogen-bond donors (Lipinski definition) is 1. The molecule has 0 spiro atoms. The van der Waals surface area contributed by atoms with Crippen LogP contribution in [0.4, 0.5) is 4.39 Å². The first-order valence-corrected chi connectivity index (χ1v) is 11.1. The number of benzene rings is 1. The fourth-order valence-electron chi connectivity index (χ4n) is 6.05. The third-order valence-corrected chi connectivity index (χ3v) is 7.71. The molecule has 0 radical (unpaired) electrons. The number of carbonyl (C=O) groups excluding carboxylic acids is 1. The molecule has 1 amide bonds. The lowest BCUT2D eigenvalue weighted by Gasteiger charge is -2.56. The van der Waals surface area contributed by atoms with E-state index < -0.39 is 0 Å². The molecule has 28 heavy (non-hydrogen) atoms. The van der Waals surface area contributed by atoms with Crippen LogP contribution in [0, 0.1) is 23.6 Å². The summed E-state index contributed by atoms with van der Waals surface area (Å²) in [6, 6.07) is 6.31. The van der Waals surface area contributed by atoms with Crippen molar-refractivity contribution in [2.75, 3.05) is 5.75 Å². The van der Waals surface area contributed by atoms with E-state index in [-0.39, 0.29) is 17.3 Å². The van der Waals surface area contributed by atoms with Gasteiger partial charge < -0.3 is 9.88 Å². The van der Waals surface area contributed by atoms with Gasteiger partial charge in [0.2, 0.25) is 5.91 Å². The first-order valence-electron chi connectivity index (χ1n) is 10.1. The number of halogens is 1. The smallest absolute Gasteiger partial charge is 0.230 e. The zero-order valence-electron chi connectivity index (χ0n) is 16.0. The molecule has 4 aliphatic carbocycles. The molecular formula is C21H25FN4OS. The van der Waals surface area contributed by atoms with E-state index in [0.717, 1.165) is 37.0 Å². The molecule has 2 aromatic rings. The Balaban J connectivity index is 1.23. The number of nitrogens with one attached hydrogen (secondary N) is 1. The second kappa shape index (κ2) is 6.87. The van der Waals surface area contributed by atoms with E-state index in [9.17, 15) is 9.18 Å². The maximum absolute atomic E-state index is 13.5. The van der Waals surface area contributed by atoms with Gasteiger partial charge in [0.15, 0.2) is 11.0 Å². The molecule has 0 saturated heterocycles. The molecule has 0 atom stereocenters. The summed E-state index contributed by atoms with van der Waals surface area (Å²) in [5.74, 6) is 3.15. The van der Waals surface area contributed by atoms with Gasteiger partial charge in [0.05, 0.1) is 5.75 Å². The molecule has 0 unspecified atom stereocenters. The van der Waals surface area contributed by atoms with Crippen LogP contribution in [0.3, 0.4) is 0 Å². The zero-order chi connectivity index (χ0) is 19.3. The molecule has 4 saturated carbocycles. The van der Waals surface area contributed by atoms with Crippen molar-refractivity contribution in [1.82, 2.24) is 20.1 Å². The molecular weight excluding hydrogens is 375 g/mol. The minimum absolute atomic E-state index is 0.0407. The lowest BCUT2D eigenvalue weighted by Crippen LogP contribution is -2.60. The highest BCUT2D eigenvalue weighted by Crippen LogP contribution is 2.55. The van der Waals surface area contributed by atoms with Crippen LogP contribution in [0.5, 0.6) is 0 Å². The lowest BCUT2D eigenvalue weighted by atomic mass is 9.53. The summed E-state index contributed by atoms with van der Waals surface area (Å²) in [6.45, 7) is 0. The van der Waals surface area contributed by atoms with Crippen LogP contribution < -0.4 is 5.32 Å². The normalized spacial score (nSPS) is 30.6. The number of thioether (sulfide) groups is 1. The largest absolute Gasteiger partial charge is 0.350 e. The Morgan fingerprint density at radius 2 is 1.89 bits per heavy atom. The van der Waals surface area contributed by atoms with Gasteiger partial charge in [-0.05, 0) is 68.4 Å². The minimum Gasteiger partial charge on any atom is -0.350 e. The second-order valence-electron chi connectivity index (χ2n) is 8.91. The number of carbonyl (C=O) groups is 1. The quantitative estimate of drug-likeness (QED) is 0.776. The van der Waals surface area contributed by atoms with Gasteiger partial charge in [-0.1, -0.05) is 23.9 Å². The van der Waals surface area contributed by atoms with Crippen LogP contribution in [0.2, 0.25) is 0 Å². The van der Waals surface area contributed by atoms with Crippen molar-refractivity contribution in [2.24, 2.45) is 24.8 Å². The van der Waals surface area contributed by atoms with Gasteiger partial charge >= 0.3 is 0 Å². The van der Waals surface area contributed by atoms with E-state index in [4.69, 9.17) is 0 Å². The van der Waals surface area contributed by atoms with Gasteiger partial charge in [0.25, 0.3) is 0 Å². The first-order chi connectivity index (χ1) is 13.5. The highest BCUT2D eigenvalue weighted by atomic mass is 32.2. The number of amides is 1. The molecule has 4 aliphatic rings. The van der Waals surface area contributed by atoms with Gasteiger partial charge in [-0.15, -0.1) is 10.2 Å². The summed E-state index contributed by atoms with van der Waals surface area (Å²) >= 11 is 1.39. The molecule has 7 heteroatoms. The highest BCUT2D eigenvalue weighted by molar-refractivity contribution is 7.99. The second-order valence-corrected chi connectivity index (χ2v) is 9.85. The van der Waals surface area contributed by atoms with E-state index in [1.807, 2.05) is 11.6 Å². The highest BCUT2D eigenvalue weighted by Gasteiger charge is 2.51. The Hall–Kier alpha value is -1.89. The summed E-state index contributed by atoms with van der Waals surface area (Å²) in [5, 5.41) is 12.4. The predicted octanol–water partition coefficient (Wildman–Crippen LogP) is 3.80. The maximum Gasteiger partial charge on any atom is 0.230 e. The Kier molecular flexibility index (Phi) is 4.45. The molecule has 1 aromatic carbocycles. The SMILES string of the molecule is Cn1c(SCC(=O)NC23CC4CC(CC(C4)C2)C3)nnc1-c1cccc(F)c1. The zero-order valence-corrected chi connectivity index (χ0v) is 16.8. The maximum atomic E-state index is 13.5. The van der Waals surface area contributed by atoms with Gasteiger partial charge in [-0.2, -0.15) is 0 Å². The van der Waals surface area contributed by atoms with Crippen LogP contribution in [0.25, 0.3) is 11.4 Å². The molecule has 5 nitrogen and oxygen atoms in total. The molecule has 1 aromatic heterocycles.